The van der Waals surface area contributed by atoms with E-state index in [-0.39, 0.29) is 5.75 Å². The summed E-state index contributed by atoms with van der Waals surface area (Å²) in [7, 11) is 0. The molecule has 1 nitrogen and oxygen atoms in total. The van der Waals surface area contributed by atoms with Crippen molar-refractivity contribution in [1.82, 2.24) is 0 Å². The first-order chi connectivity index (χ1) is 9.00. The second-order valence-corrected chi connectivity index (χ2v) is 4.38. The first kappa shape index (κ1) is 5.57. The van der Waals surface area contributed by atoms with Crippen molar-refractivity contribution >= 4 is 11.8 Å². The molecule has 1 aromatic rings. The summed E-state index contributed by atoms with van der Waals surface area (Å²) in [6.45, 7) is -4.47. The Kier molecular flexibility index (Phi) is 1.93. The minimum absolute atomic E-state index is 0.206. The predicted octanol–water partition coefficient (Wildman–Crippen LogP) is 3.19. The summed E-state index contributed by atoms with van der Waals surface area (Å²) < 4.78 is 44.2. The first-order valence-electron chi connectivity index (χ1n) is 7.40. The van der Waals surface area contributed by atoms with Crippen molar-refractivity contribution in [3.8, 4) is 0 Å². The minimum atomic E-state index is -2.96. The van der Waals surface area contributed by atoms with Crippen molar-refractivity contribution in [1.29, 1.82) is 0 Å². The van der Waals surface area contributed by atoms with E-state index >= 15 is 0 Å². The van der Waals surface area contributed by atoms with Crippen LogP contribution in [0, 0.1) is 5.92 Å². The Morgan fingerprint density at radius 2 is 2.07 bits per heavy atom. The Balaban J connectivity index is 2.88. The van der Waals surface area contributed by atoms with Crippen LogP contribution in [0.1, 0.15) is 28.9 Å². The molecule has 0 heterocycles. The lowest BCUT2D eigenvalue weighted by molar-refractivity contribution is 0.0347. The van der Waals surface area contributed by atoms with Gasteiger partial charge in [-0.1, -0.05) is 25.1 Å². The van der Waals surface area contributed by atoms with Gasteiger partial charge < -0.3 is 5.11 Å². The van der Waals surface area contributed by atoms with Gasteiger partial charge in [-0.05, 0) is 31.8 Å². The molecular weight excluding hydrogens is 192 g/mol. The second kappa shape index (κ2) is 4.85. The van der Waals surface area contributed by atoms with Gasteiger partial charge in [-0.25, -0.2) is 0 Å². The third-order valence-electron chi connectivity index (χ3n) is 1.96. The van der Waals surface area contributed by atoms with Crippen molar-refractivity contribution in [3.63, 3.8) is 0 Å². The molecule has 14 heavy (non-hydrogen) atoms. The molecule has 0 bridgehead atoms. The zero-order valence-electron chi connectivity index (χ0n) is 14.0. The number of hydrogen-bond donors (Lipinski definition) is 1. The Labute approximate surface area is 99.0 Å². The maximum Gasteiger partial charge on any atom is 0.0625 e. The van der Waals surface area contributed by atoms with Gasteiger partial charge in [0.1, 0.15) is 0 Å². The van der Waals surface area contributed by atoms with E-state index in [2.05, 4.69) is 0 Å². The molecule has 0 radical (unpaired) electrons. The lowest BCUT2D eigenvalue weighted by Gasteiger charge is -2.25. The van der Waals surface area contributed by atoms with E-state index in [1.165, 1.54) is 18.7 Å². The molecule has 0 saturated heterocycles. The molecule has 0 fully saturated rings. The fraction of sp³-hybridized carbons (Fsp3) is 0.500. The molecule has 0 unspecified atom stereocenters. The quantitative estimate of drug-likeness (QED) is 0.780. The van der Waals surface area contributed by atoms with Gasteiger partial charge in [-0.15, -0.1) is 11.8 Å². The normalized spacial score (nSPS) is 22.1. The second-order valence-electron chi connectivity index (χ2n) is 3.29. The van der Waals surface area contributed by atoms with Crippen LogP contribution in [-0.4, -0.2) is 16.5 Å². The van der Waals surface area contributed by atoms with Crippen LogP contribution in [0.25, 0.3) is 0 Å². The number of rotatable bonds is 4. The maximum absolute atomic E-state index is 10.3. The Bertz CT molecular complexity index is 414. The van der Waals surface area contributed by atoms with Gasteiger partial charge in [0, 0.05) is 18.9 Å². The van der Waals surface area contributed by atoms with Crippen molar-refractivity contribution in [2.24, 2.45) is 5.92 Å². The minimum Gasteiger partial charge on any atom is -0.390 e. The van der Waals surface area contributed by atoms with E-state index in [4.69, 9.17) is 8.22 Å². The lowest BCUT2D eigenvalue weighted by atomic mass is 9.95. The third kappa shape index (κ3) is 3.72. The van der Waals surface area contributed by atoms with E-state index in [9.17, 15) is 5.11 Å². The molecule has 1 N–H and O–H groups in total. The molecular formula is C12H18OS. The van der Waals surface area contributed by atoms with E-state index in [0.717, 1.165) is 4.90 Å². The first-order valence-corrected chi connectivity index (χ1v) is 5.39. The molecule has 0 saturated carbocycles. The van der Waals surface area contributed by atoms with Crippen LogP contribution < -0.4 is 0 Å². The van der Waals surface area contributed by atoms with Gasteiger partial charge in [-0.2, -0.15) is 0 Å². The highest BCUT2D eigenvalue weighted by atomic mass is 32.2. The molecule has 0 aliphatic carbocycles. The van der Waals surface area contributed by atoms with Gasteiger partial charge in [0.25, 0.3) is 0 Å². The largest absolute Gasteiger partial charge is 0.390 e. The topological polar surface area (TPSA) is 20.2 Å². The van der Waals surface area contributed by atoms with Crippen molar-refractivity contribution in [3.05, 3.63) is 30.3 Å². The van der Waals surface area contributed by atoms with Gasteiger partial charge in [0.15, 0.2) is 0 Å². The summed E-state index contributed by atoms with van der Waals surface area (Å²) in [4.78, 5) is 0.901. The summed E-state index contributed by atoms with van der Waals surface area (Å²) in [5, 5.41) is 10.3. The molecule has 0 aromatic heterocycles. The van der Waals surface area contributed by atoms with E-state index in [1.54, 1.807) is 0 Å². The monoisotopic (exact) mass is 216 g/mol. The van der Waals surface area contributed by atoms with Crippen molar-refractivity contribution < 1.29 is 13.3 Å². The Morgan fingerprint density at radius 3 is 2.64 bits per heavy atom. The molecule has 0 aliphatic rings. The highest BCUT2D eigenvalue weighted by Crippen LogP contribution is 2.25. The molecule has 1 aromatic carbocycles. The molecule has 0 aliphatic heterocycles. The third-order valence-corrected chi connectivity index (χ3v) is 3.23. The molecule has 0 amide bonds. The summed E-state index contributed by atoms with van der Waals surface area (Å²) in [6.07, 6.45) is 0. The molecule has 1 rings (SSSR count). The number of hydrogen-bond acceptors (Lipinski definition) is 2. The predicted molar refractivity (Wildman–Crippen MR) is 62.6 cm³/mol. The fourth-order valence-corrected chi connectivity index (χ4v) is 1.89. The Hall–Kier alpha value is -0.470. The lowest BCUT2D eigenvalue weighted by Crippen LogP contribution is -2.30. The number of aliphatic hydroxyl groups is 1. The van der Waals surface area contributed by atoms with E-state index in [1.807, 2.05) is 30.3 Å². The summed E-state index contributed by atoms with van der Waals surface area (Å²) in [6, 6.07) is 9.23. The van der Waals surface area contributed by atoms with Crippen LogP contribution in [-0.2, 0) is 0 Å². The van der Waals surface area contributed by atoms with Crippen LogP contribution in [0.2, 0.25) is 0 Å². The summed E-state index contributed by atoms with van der Waals surface area (Å²) in [5.74, 6) is -0.704. The van der Waals surface area contributed by atoms with Gasteiger partial charge in [0.2, 0.25) is 0 Å². The standard InChI is InChI=1S/C12H18OS/c1-10(12(2,3)13)9-14-11-7-5-4-6-8-11/h4-8,10,13H,9H2,1-3H3/t10-/m0/s1/i2D3,3D3. The van der Waals surface area contributed by atoms with Crippen LogP contribution in [0.15, 0.2) is 35.2 Å². The number of thioether (sulfide) groups is 1. The van der Waals surface area contributed by atoms with Crippen molar-refractivity contribution in [2.45, 2.75) is 31.1 Å². The van der Waals surface area contributed by atoms with Crippen LogP contribution in [0.3, 0.4) is 0 Å². The summed E-state index contributed by atoms with van der Waals surface area (Å²) >= 11 is 1.33. The van der Waals surface area contributed by atoms with Crippen LogP contribution in [0.5, 0.6) is 0 Å². The van der Waals surface area contributed by atoms with Crippen molar-refractivity contribution in [2.75, 3.05) is 5.75 Å². The summed E-state index contributed by atoms with van der Waals surface area (Å²) in [5.41, 5.74) is -2.71. The molecule has 1 atom stereocenters. The molecule has 0 spiro atoms. The fourth-order valence-electron chi connectivity index (χ4n) is 0.859. The zero-order valence-corrected chi connectivity index (χ0v) is 8.84. The van der Waals surface area contributed by atoms with Gasteiger partial charge in [-0.3, -0.25) is 0 Å². The van der Waals surface area contributed by atoms with Crippen LogP contribution in [0.4, 0.5) is 0 Å². The number of benzene rings is 1. The molecule has 2 heteroatoms. The Morgan fingerprint density at radius 1 is 1.43 bits per heavy atom. The van der Waals surface area contributed by atoms with E-state index in [0.29, 0.717) is 0 Å². The van der Waals surface area contributed by atoms with Gasteiger partial charge >= 0.3 is 0 Å². The van der Waals surface area contributed by atoms with E-state index < -0.39 is 25.2 Å². The zero-order chi connectivity index (χ0) is 15.6. The van der Waals surface area contributed by atoms with Gasteiger partial charge in [0.05, 0.1) is 5.60 Å². The average Bonchev–Trinajstić information content (AvgIpc) is 2.33. The smallest absolute Gasteiger partial charge is 0.0625 e. The average molecular weight is 216 g/mol. The van der Waals surface area contributed by atoms with Crippen LogP contribution >= 0.6 is 11.8 Å². The highest BCUT2D eigenvalue weighted by Gasteiger charge is 2.21. The highest BCUT2D eigenvalue weighted by molar-refractivity contribution is 7.99. The maximum atomic E-state index is 10.3. The molecule has 78 valence electrons. The SMILES string of the molecule is [2H]C([2H])([2H])C(O)([C@@H](C)CSc1ccccc1)C([2H])([2H])[2H].